The summed E-state index contributed by atoms with van der Waals surface area (Å²) in [5, 5.41) is 0. The van der Waals surface area contributed by atoms with Crippen LogP contribution in [0, 0.1) is 17.8 Å². The molecule has 0 saturated heterocycles. The van der Waals surface area contributed by atoms with E-state index in [-0.39, 0.29) is 5.91 Å². The second-order valence-corrected chi connectivity index (χ2v) is 8.86. The molecule has 2 aliphatic rings. The number of nitrogens with two attached hydrogens (primary N) is 1. The Morgan fingerprint density at radius 3 is 1.96 bits per heavy atom. The zero-order chi connectivity index (χ0) is 20.8. The summed E-state index contributed by atoms with van der Waals surface area (Å²) in [5.41, 5.74) is 5.08. The molecule has 2 N–H and O–H groups in total. The van der Waals surface area contributed by atoms with Gasteiger partial charge in [-0.2, -0.15) is 0 Å². The molecule has 2 fully saturated rings. The summed E-state index contributed by atoms with van der Waals surface area (Å²) in [4.78, 5) is 21.4. The van der Waals surface area contributed by atoms with Gasteiger partial charge in [-0.3, -0.25) is 9.59 Å². The molecular weight excluding hydrogens is 354 g/mol. The quantitative estimate of drug-likeness (QED) is 0.544. The summed E-state index contributed by atoms with van der Waals surface area (Å²) in [6.45, 7) is 8.28. The monoisotopic (exact) mass is 397 g/mol. The minimum atomic E-state index is -0.241. The average molecular weight is 398 g/mol. The van der Waals surface area contributed by atoms with Crippen molar-refractivity contribution in [1.82, 2.24) is 0 Å². The summed E-state index contributed by atoms with van der Waals surface area (Å²) < 4.78 is 11.3. The van der Waals surface area contributed by atoms with Gasteiger partial charge in [-0.15, -0.1) is 0 Å². The van der Waals surface area contributed by atoms with E-state index < -0.39 is 0 Å². The van der Waals surface area contributed by atoms with E-state index in [2.05, 4.69) is 13.8 Å². The molecule has 0 aliphatic heterocycles. The summed E-state index contributed by atoms with van der Waals surface area (Å²) in [7, 11) is 0. The molecule has 164 valence electrons. The van der Waals surface area contributed by atoms with E-state index in [1.165, 1.54) is 44.9 Å². The number of hydrogen-bond acceptors (Lipinski definition) is 4. The minimum absolute atomic E-state index is 0.241. The molecule has 0 aromatic rings. The lowest BCUT2D eigenvalue weighted by Gasteiger charge is -2.28. The van der Waals surface area contributed by atoms with Gasteiger partial charge in [0.2, 0.25) is 5.91 Å². The van der Waals surface area contributed by atoms with Gasteiger partial charge in [0.1, 0.15) is 5.78 Å². The van der Waals surface area contributed by atoms with E-state index in [0.29, 0.717) is 36.8 Å². The maximum absolute atomic E-state index is 10.8. The fraction of sp³-hybridized carbons (Fsp3) is 0.913. The maximum atomic E-state index is 10.8. The molecule has 2 rings (SSSR count). The van der Waals surface area contributed by atoms with Gasteiger partial charge in [0, 0.05) is 32.2 Å². The normalized spacial score (nSPS) is 23.1. The molecule has 2 saturated carbocycles. The zero-order valence-electron chi connectivity index (χ0n) is 18.4. The van der Waals surface area contributed by atoms with Crippen LogP contribution >= 0.6 is 0 Å². The highest BCUT2D eigenvalue weighted by Crippen LogP contribution is 2.29. The molecule has 0 radical (unpaired) electrons. The van der Waals surface area contributed by atoms with Crippen molar-refractivity contribution in [1.29, 1.82) is 0 Å². The standard InChI is InChI=1S/C15H29NO3.C8H14O/c1-12(2)19-11-14-7-5-13(6-8-14)10-18-9-3-4-15(16)17;1-7(9)8-5-3-2-4-6-8/h12-14H,3-11H2,1-2H3,(H2,16,17);8H,2-6H2,1H3. The van der Waals surface area contributed by atoms with Crippen LogP contribution in [0.15, 0.2) is 0 Å². The Morgan fingerprint density at radius 2 is 1.50 bits per heavy atom. The Hall–Kier alpha value is -0.940. The largest absolute Gasteiger partial charge is 0.381 e. The molecule has 5 heteroatoms. The van der Waals surface area contributed by atoms with Gasteiger partial charge in [-0.1, -0.05) is 19.3 Å². The highest BCUT2D eigenvalue weighted by Gasteiger charge is 2.21. The van der Waals surface area contributed by atoms with Crippen molar-refractivity contribution in [2.45, 2.75) is 97.5 Å². The van der Waals surface area contributed by atoms with Crippen molar-refractivity contribution in [3.63, 3.8) is 0 Å². The van der Waals surface area contributed by atoms with Crippen molar-refractivity contribution in [2.75, 3.05) is 19.8 Å². The average Bonchev–Trinajstić information content (AvgIpc) is 2.68. The van der Waals surface area contributed by atoms with Crippen LogP contribution < -0.4 is 5.73 Å². The molecule has 5 nitrogen and oxygen atoms in total. The smallest absolute Gasteiger partial charge is 0.217 e. The number of Topliss-reactive ketones (excluding diaryl/α,β-unsaturated/α-hetero) is 1. The summed E-state index contributed by atoms with van der Waals surface area (Å²) in [6, 6.07) is 0. The summed E-state index contributed by atoms with van der Waals surface area (Å²) in [6.07, 6.45) is 12.7. The van der Waals surface area contributed by atoms with E-state index in [4.69, 9.17) is 15.2 Å². The second kappa shape index (κ2) is 15.0. The highest BCUT2D eigenvalue weighted by atomic mass is 16.5. The number of ether oxygens (including phenoxy) is 2. The number of carbonyl (C=O) groups excluding carboxylic acids is 2. The first kappa shape index (κ1) is 25.1. The van der Waals surface area contributed by atoms with Gasteiger partial charge in [0.05, 0.1) is 6.10 Å². The van der Waals surface area contributed by atoms with Crippen LogP contribution in [0.25, 0.3) is 0 Å². The van der Waals surface area contributed by atoms with Gasteiger partial charge in [0.15, 0.2) is 0 Å². The van der Waals surface area contributed by atoms with Crippen LogP contribution in [0.1, 0.15) is 91.4 Å². The van der Waals surface area contributed by atoms with Crippen molar-refractivity contribution >= 4 is 11.7 Å². The number of rotatable bonds is 10. The minimum Gasteiger partial charge on any atom is -0.381 e. The van der Waals surface area contributed by atoms with Crippen LogP contribution in [-0.2, 0) is 19.1 Å². The van der Waals surface area contributed by atoms with Gasteiger partial charge < -0.3 is 15.2 Å². The Labute approximate surface area is 172 Å². The van der Waals surface area contributed by atoms with Crippen molar-refractivity contribution in [2.24, 2.45) is 23.5 Å². The molecule has 0 bridgehead atoms. The molecule has 0 heterocycles. The van der Waals surface area contributed by atoms with E-state index in [0.717, 1.165) is 38.4 Å². The number of amides is 1. The third-order valence-electron chi connectivity index (χ3n) is 5.88. The number of carbonyl (C=O) groups is 2. The SMILES string of the molecule is CC(=O)C1CCCCC1.CC(C)OCC1CCC(COCCCC(N)=O)CC1. The lowest BCUT2D eigenvalue weighted by atomic mass is 9.83. The number of primary amides is 1. The highest BCUT2D eigenvalue weighted by molar-refractivity contribution is 5.78. The second-order valence-electron chi connectivity index (χ2n) is 8.86. The van der Waals surface area contributed by atoms with E-state index in [9.17, 15) is 9.59 Å². The van der Waals surface area contributed by atoms with E-state index in [1.807, 2.05) is 0 Å². The summed E-state index contributed by atoms with van der Waals surface area (Å²) in [5.74, 6) is 1.99. The van der Waals surface area contributed by atoms with Crippen molar-refractivity contribution in [3.8, 4) is 0 Å². The molecule has 0 spiro atoms. The van der Waals surface area contributed by atoms with Crippen LogP contribution in [0.5, 0.6) is 0 Å². The molecule has 0 aromatic heterocycles. The van der Waals surface area contributed by atoms with Crippen LogP contribution in [0.2, 0.25) is 0 Å². The summed E-state index contributed by atoms with van der Waals surface area (Å²) >= 11 is 0. The van der Waals surface area contributed by atoms with Crippen LogP contribution in [0.4, 0.5) is 0 Å². The molecule has 0 unspecified atom stereocenters. The predicted molar refractivity (Wildman–Crippen MR) is 113 cm³/mol. The Kier molecular flexibility index (Phi) is 13.4. The molecule has 0 atom stereocenters. The Bertz CT molecular complexity index is 424. The van der Waals surface area contributed by atoms with Crippen LogP contribution in [0.3, 0.4) is 0 Å². The Morgan fingerprint density at radius 1 is 0.929 bits per heavy atom. The van der Waals surface area contributed by atoms with Crippen LogP contribution in [-0.4, -0.2) is 37.6 Å². The third-order valence-corrected chi connectivity index (χ3v) is 5.88. The van der Waals surface area contributed by atoms with Gasteiger partial charge in [0.25, 0.3) is 0 Å². The zero-order valence-corrected chi connectivity index (χ0v) is 18.4. The molecule has 0 aromatic carbocycles. The lowest BCUT2D eigenvalue weighted by molar-refractivity contribution is -0.121. The van der Waals surface area contributed by atoms with Gasteiger partial charge in [-0.05, 0) is 77.6 Å². The van der Waals surface area contributed by atoms with Gasteiger partial charge >= 0.3 is 0 Å². The molecule has 2 aliphatic carbocycles. The molecule has 28 heavy (non-hydrogen) atoms. The van der Waals surface area contributed by atoms with E-state index in [1.54, 1.807) is 6.92 Å². The van der Waals surface area contributed by atoms with Gasteiger partial charge in [-0.25, -0.2) is 0 Å². The molecule has 1 amide bonds. The van der Waals surface area contributed by atoms with E-state index >= 15 is 0 Å². The number of hydrogen-bond donors (Lipinski definition) is 1. The predicted octanol–water partition coefficient (Wildman–Crippen LogP) is 4.66. The third kappa shape index (κ3) is 12.5. The fourth-order valence-corrected chi connectivity index (χ4v) is 4.00. The topological polar surface area (TPSA) is 78.6 Å². The first-order chi connectivity index (χ1) is 13.4. The van der Waals surface area contributed by atoms with Crippen molar-refractivity contribution < 1.29 is 19.1 Å². The fourth-order valence-electron chi connectivity index (χ4n) is 4.00. The Balaban J connectivity index is 0.000000362. The van der Waals surface area contributed by atoms with Crippen molar-refractivity contribution in [3.05, 3.63) is 0 Å². The maximum Gasteiger partial charge on any atom is 0.217 e. The molecular formula is C23H43NO4. The number of ketones is 1. The first-order valence-electron chi connectivity index (χ1n) is 11.4. The lowest BCUT2D eigenvalue weighted by Crippen LogP contribution is -2.23. The first-order valence-corrected chi connectivity index (χ1v) is 11.4.